The lowest BCUT2D eigenvalue weighted by atomic mass is 10.1. The second-order valence-corrected chi connectivity index (χ2v) is 4.37. The van der Waals surface area contributed by atoms with Crippen molar-refractivity contribution in [1.29, 1.82) is 0 Å². The van der Waals surface area contributed by atoms with Gasteiger partial charge in [-0.3, -0.25) is 4.57 Å². The molecule has 0 aliphatic rings. The van der Waals surface area contributed by atoms with E-state index in [1.807, 2.05) is 31.2 Å². The molecule has 0 fully saturated rings. The van der Waals surface area contributed by atoms with Crippen molar-refractivity contribution in [2.45, 2.75) is 19.4 Å². The van der Waals surface area contributed by atoms with Gasteiger partial charge in [0, 0.05) is 17.4 Å². The topological polar surface area (TPSA) is 46.9 Å². The fourth-order valence-corrected chi connectivity index (χ4v) is 1.85. The summed E-state index contributed by atoms with van der Waals surface area (Å²) in [7, 11) is 0. The summed E-state index contributed by atoms with van der Waals surface area (Å²) in [5.41, 5.74) is 1.04. The van der Waals surface area contributed by atoms with E-state index < -0.39 is 0 Å². The number of carbonyl (C=O) groups is 1. The third-order valence-corrected chi connectivity index (χ3v) is 2.97. The highest BCUT2D eigenvalue weighted by Crippen LogP contribution is 2.19. The van der Waals surface area contributed by atoms with Crippen molar-refractivity contribution >= 4 is 17.6 Å². The van der Waals surface area contributed by atoms with Crippen LogP contribution in [-0.4, -0.2) is 15.6 Å². The van der Waals surface area contributed by atoms with Gasteiger partial charge in [0.2, 0.25) is 0 Å². The van der Waals surface area contributed by atoms with Crippen LogP contribution in [0.5, 0.6) is 0 Å². The number of aromatic nitrogens is 2. The van der Waals surface area contributed by atoms with E-state index in [2.05, 4.69) is 10.3 Å². The van der Waals surface area contributed by atoms with E-state index in [0.29, 0.717) is 5.02 Å². The number of amides is 1. The lowest BCUT2D eigenvalue weighted by Gasteiger charge is -2.17. The molecule has 0 aliphatic carbocycles. The Kier molecular flexibility index (Phi) is 3.99. The van der Waals surface area contributed by atoms with Crippen molar-refractivity contribution < 1.29 is 4.79 Å². The first kappa shape index (κ1) is 12.6. The Morgan fingerprint density at radius 2 is 2.17 bits per heavy atom. The predicted octanol–water partition coefficient (Wildman–Crippen LogP) is 3.25. The first-order valence-corrected chi connectivity index (χ1v) is 6.12. The first-order valence-electron chi connectivity index (χ1n) is 5.75. The molecule has 2 aromatic rings. The van der Waals surface area contributed by atoms with Crippen LogP contribution in [0.4, 0.5) is 4.79 Å². The van der Waals surface area contributed by atoms with Crippen molar-refractivity contribution in [3.05, 3.63) is 53.6 Å². The number of nitrogens with one attached hydrogen (secondary N) is 1. The molecule has 4 nitrogen and oxygen atoms in total. The lowest BCUT2D eigenvalue weighted by molar-refractivity contribution is 0.238. The monoisotopic (exact) mass is 263 g/mol. The Morgan fingerprint density at radius 3 is 2.72 bits per heavy atom. The molecular weight excluding hydrogens is 250 g/mol. The van der Waals surface area contributed by atoms with Gasteiger partial charge in [0.05, 0.1) is 6.04 Å². The molecule has 0 spiro atoms. The molecule has 1 aromatic heterocycles. The number of nitrogens with zero attached hydrogens (tertiary/aromatic N) is 2. The molecule has 18 heavy (non-hydrogen) atoms. The Labute approximate surface area is 111 Å². The van der Waals surface area contributed by atoms with Gasteiger partial charge in [0.25, 0.3) is 0 Å². The van der Waals surface area contributed by atoms with Crippen LogP contribution in [0.3, 0.4) is 0 Å². The van der Waals surface area contributed by atoms with Crippen LogP contribution in [-0.2, 0) is 0 Å². The molecule has 94 valence electrons. The number of imidazole rings is 1. The van der Waals surface area contributed by atoms with Crippen molar-refractivity contribution in [3.63, 3.8) is 0 Å². The fourth-order valence-electron chi connectivity index (χ4n) is 1.72. The third kappa shape index (κ3) is 2.90. The minimum absolute atomic E-state index is 0.0304. The molecule has 0 saturated heterocycles. The van der Waals surface area contributed by atoms with Crippen LogP contribution in [0, 0.1) is 0 Å². The molecule has 1 N–H and O–H groups in total. The Morgan fingerprint density at radius 1 is 1.44 bits per heavy atom. The highest BCUT2D eigenvalue weighted by Gasteiger charge is 2.13. The summed E-state index contributed by atoms with van der Waals surface area (Å²) in [6.07, 6.45) is 5.47. The van der Waals surface area contributed by atoms with Crippen molar-refractivity contribution in [2.75, 3.05) is 0 Å². The zero-order valence-electron chi connectivity index (χ0n) is 10.0. The van der Waals surface area contributed by atoms with E-state index in [4.69, 9.17) is 11.6 Å². The number of halogens is 1. The van der Waals surface area contributed by atoms with E-state index in [0.717, 1.165) is 12.0 Å². The minimum Gasteiger partial charge on any atom is -0.331 e. The molecule has 0 radical (unpaired) electrons. The molecule has 1 atom stereocenters. The van der Waals surface area contributed by atoms with Crippen molar-refractivity contribution in [1.82, 2.24) is 14.9 Å². The van der Waals surface area contributed by atoms with Gasteiger partial charge in [-0.25, -0.2) is 9.78 Å². The lowest BCUT2D eigenvalue weighted by Crippen LogP contribution is -2.31. The molecular formula is C13H14ClN3O. The molecule has 1 heterocycles. The number of hydrogen-bond acceptors (Lipinski definition) is 2. The Balaban J connectivity index is 2.10. The molecule has 5 heteroatoms. The molecule has 1 unspecified atom stereocenters. The van der Waals surface area contributed by atoms with Crippen LogP contribution in [0.1, 0.15) is 24.9 Å². The summed E-state index contributed by atoms with van der Waals surface area (Å²) in [5.74, 6) is 0. The maximum atomic E-state index is 11.9. The predicted molar refractivity (Wildman–Crippen MR) is 70.6 cm³/mol. The van der Waals surface area contributed by atoms with Gasteiger partial charge >= 0.3 is 6.03 Å². The van der Waals surface area contributed by atoms with Gasteiger partial charge in [-0.05, 0) is 24.1 Å². The third-order valence-electron chi connectivity index (χ3n) is 2.72. The van der Waals surface area contributed by atoms with Gasteiger partial charge in [-0.1, -0.05) is 30.7 Å². The van der Waals surface area contributed by atoms with E-state index in [1.165, 1.54) is 10.9 Å². The smallest absolute Gasteiger partial charge is 0.327 e. The Hall–Kier alpha value is -1.81. The van der Waals surface area contributed by atoms with Crippen molar-refractivity contribution in [2.24, 2.45) is 0 Å². The molecule has 0 saturated carbocycles. The van der Waals surface area contributed by atoms with E-state index in [9.17, 15) is 4.79 Å². The largest absolute Gasteiger partial charge is 0.331 e. The maximum absolute atomic E-state index is 11.9. The molecule has 1 aromatic carbocycles. The van der Waals surface area contributed by atoms with Gasteiger partial charge in [-0.15, -0.1) is 0 Å². The highest BCUT2D eigenvalue weighted by molar-refractivity contribution is 6.30. The van der Waals surface area contributed by atoms with Gasteiger partial charge < -0.3 is 5.32 Å². The van der Waals surface area contributed by atoms with E-state index in [1.54, 1.807) is 12.4 Å². The molecule has 0 aliphatic heterocycles. The van der Waals surface area contributed by atoms with Crippen LogP contribution in [0.2, 0.25) is 5.02 Å². The summed E-state index contributed by atoms with van der Waals surface area (Å²) in [6.45, 7) is 2.02. The van der Waals surface area contributed by atoms with Gasteiger partial charge in [-0.2, -0.15) is 0 Å². The standard InChI is InChI=1S/C13H14ClN3O/c1-2-12(10-3-5-11(14)6-4-10)16-13(18)17-8-7-15-9-17/h3-9,12H,2H2,1H3,(H,16,18). The van der Waals surface area contributed by atoms with Crippen molar-refractivity contribution in [3.8, 4) is 0 Å². The van der Waals surface area contributed by atoms with Gasteiger partial charge in [0.15, 0.2) is 0 Å². The minimum atomic E-state index is -0.186. The zero-order valence-corrected chi connectivity index (χ0v) is 10.8. The van der Waals surface area contributed by atoms with Crippen LogP contribution in [0.25, 0.3) is 0 Å². The van der Waals surface area contributed by atoms with Crippen LogP contribution in [0.15, 0.2) is 43.0 Å². The Bertz CT molecular complexity index is 508. The second-order valence-electron chi connectivity index (χ2n) is 3.93. The summed E-state index contributed by atoms with van der Waals surface area (Å²) < 4.78 is 1.42. The zero-order chi connectivity index (χ0) is 13.0. The first-order chi connectivity index (χ1) is 8.70. The molecule has 0 bridgehead atoms. The fraction of sp³-hybridized carbons (Fsp3) is 0.231. The average Bonchev–Trinajstić information content (AvgIpc) is 2.91. The van der Waals surface area contributed by atoms with E-state index in [-0.39, 0.29) is 12.1 Å². The normalized spacial score (nSPS) is 12.1. The summed E-state index contributed by atoms with van der Waals surface area (Å²) in [6, 6.07) is 7.27. The van der Waals surface area contributed by atoms with Crippen LogP contribution < -0.4 is 5.32 Å². The number of rotatable bonds is 3. The summed E-state index contributed by atoms with van der Waals surface area (Å²) in [4.78, 5) is 15.7. The van der Waals surface area contributed by atoms with Crippen LogP contribution >= 0.6 is 11.6 Å². The molecule has 2 rings (SSSR count). The highest BCUT2D eigenvalue weighted by atomic mass is 35.5. The van der Waals surface area contributed by atoms with E-state index >= 15 is 0 Å². The molecule has 1 amide bonds. The number of benzene rings is 1. The quantitative estimate of drug-likeness (QED) is 0.924. The second kappa shape index (κ2) is 5.69. The number of hydrogen-bond donors (Lipinski definition) is 1. The number of carbonyl (C=O) groups excluding carboxylic acids is 1. The summed E-state index contributed by atoms with van der Waals surface area (Å²) in [5, 5.41) is 3.64. The SMILES string of the molecule is CCC(NC(=O)n1ccnc1)c1ccc(Cl)cc1. The van der Waals surface area contributed by atoms with Gasteiger partial charge in [0.1, 0.15) is 6.33 Å². The summed E-state index contributed by atoms with van der Waals surface area (Å²) >= 11 is 5.85. The average molecular weight is 264 g/mol. The maximum Gasteiger partial charge on any atom is 0.327 e.